The van der Waals surface area contributed by atoms with Crippen molar-refractivity contribution < 1.29 is 13.6 Å². The van der Waals surface area contributed by atoms with Crippen molar-refractivity contribution in [3.63, 3.8) is 0 Å². The second kappa shape index (κ2) is 4.54. The number of benzene rings is 1. The van der Waals surface area contributed by atoms with Crippen molar-refractivity contribution in [2.24, 2.45) is 0 Å². The molecule has 1 heterocycles. The number of ketones is 1. The van der Waals surface area contributed by atoms with Crippen LogP contribution in [0.1, 0.15) is 15.2 Å². The molecule has 2 nitrogen and oxygen atoms in total. The first-order valence-electron chi connectivity index (χ1n) is 4.53. The highest BCUT2D eigenvalue weighted by Gasteiger charge is 2.19. The molecular formula is C11H6BrF2NOS. The Balaban J connectivity index is 2.51. The molecule has 2 N–H and O–H groups in total. The highest BCUT2D eigenvalue weighted by atomic mass is 79.9. The van der Waals surface area contributed by atoms with E-state index in [1.807, 2.05) is 0 Å². The van der Waals surface area contributed by atoms with E-state index < -0.39 is 17.4 Å². The van der Waals surface area contributed by atoms with Gasteiger partial charge in [0.25, 0.3) is 0 Å². The number of halogens is 3. The van der Waals surface area contributed by atoms with Gasteiger partial charge in [-0.1, -0.05) is 0 Å². The van der Waals surface area contributed by atoms with Gasteiger partial charge < -0.3 is 5.73 Å². The van der Waals surface area contributed by atoms with Crippen LogP contribution in [-0.4, -0.2) is 5.78 Å². The summed E-state index contributed by atoms with van der Waals surface area (Å²) in [5.74, 6) is -2.20. The number of carbonyl (C=O) groups is 1. The Kier molecular flexibility index (Phi) is 3.26. The second-order valence-electron chi connectivity index (χ2n) is 3.29. The van der Waals surface area contributed by atoms with Crippen LogP contribution in [0.25, 0.3) is 0 Å². The van der Waals surface area contributed by atoms with Gasteiger partial charge in [0.05, 0.1) is 19.9 Å². The lowest BCUT2D eigenvalue weighted by atomic mass is 10.1. The number of nitrogens with two attached hydrogens (primary N) is 1. The molecule has 0 saturated carbocycles. The summed E-state index contributed by atoms with van der Waals surface area (Å²) in [4.78, 5) is 12.2. The third-order valence-electron chi connectivity index (χ3n) is 2.11. The third kappa shape index (κ3) is 2.37. The van der Waals surface area contributed by atoms with Crippen LogP contribution in [0.3, 0.4) is 0 Å². The SMILES string of the molecule is Nc1cc(F)cc(C(=O)c2ccc(Br)s2)c1F. The summed E-state index contributed by atoms with van der Waals surface area (Å²) < 4.78 is 27.4. The Hall–Kier alpha value is -1.27. The number of nitrogen functional groups attached to an aromatic ring is 1. The van der Waals surface area contributed by atoms with Gasteiger partial charge in [0.1, 0.15) is 5.82 Å². The van der Waals surface area contributed by atoms with E-state index in [9.17, 15) is 13.6 Å². The topological polar surface area (TPSA) is 43.1 Å². The number of rotatable bonds is 2. The average molecular weight is 318 g/mol. The predicted octanol–water partition coefficient (Wildman–Crippen LogP) is 3.60. The maximum Gasteiger partial charge on any atom is 0.206 e. The van der Waals surface area contributed by atoms with E-state index in [1.54, 1.807) is 6.07 Å². The number of hydrogen-bond donors (Lipinski definition) is 1. The zero-order valence-electron chi connectivity index (χ0n) is 8.34. The normalized spacial score (nSPS) is 10.5. The molecule has 0 unspecified atom stereocenters. The third-order valence-corrected chi connectivity index (χ3v) is 3.73. The molecule has 0 atom stereocenters. The highest BCUT2D eigenvalue weighted by molar-refractivity contribution is 9.11. The Morgan fingerprint density at radius 2 is 2.00 bits per heavy atom. The fourth-order valence-electron chi connectivity index (χ4n) is 1.34. The molecule has 0 amide bonds. The van der Waals surface area contributed by atoms with Gasteiger partial charge in [-0.05, 0) is 40.2 Å². The molecule has 1 aromatic carbocycles. The summed E-state index contributed by atoms with van der Waals surface area (Å²) in [5.41, 5.74) is 4.55. The van der Waals surface area contributed by atoms with E-state index in [4.69, 9.17) is 5.73 Å². The van der Waals surface area contributed by atoms with Crippen molar-refractivity contribution in [3.05, 3.63) is 50.1 Å². The van der Waals surface area contributed by atoms with Crippen LogP contribution < -0.4 is 5.73 Å². The van der Waals surface area contributed by atoms with E-state index >= 15 is 0 Å². The molecule has 1 aromatic heterocycles. The molecule has 0 aliphatic rings. The van der Waals surface area contributed by atoms with Gasteiger partial charge in [0, 0.05) is 0 Å². The van der Waals surface area contributed by atoms with Gasteiger partial charge >= 0.3 is 0 Å². The molecule has 0 fully saturated rings. The molecule has 0 spiro atoms. The first-order chi connectivity index (χ1) is 7.99. The highest BCUT2D eigenvalue weighted by Crippen LogP contribution is 2.27. The largest absolute Gasteiger partial charge is 0.396 e. The Labute approximate surface area is 108 Å². The van der Waals surface area contributed by atoms with E-state index in [0.717, 1.165) is 27.3 Å². The van der Waals surface area contributed by atoms with E-state index in [-0.39, 0.29) is 11.3 Å². The van der Waals surface area contributed by atoms with Gasteiger partial charge in [-0.25, -0.2) is 8.78 Å². The van der Waals surface area contributed by atoms with Crippen LogP contribution in [0.5, 0.6) is 0 Å². The van der Waals surface area contributed by atoms with Crippen LogP contribution in [0.4, 0.5) is 14.5 Å². The lowest BCUT2D eigenvalue weighted by Gasteiger charge is -2.03. The monoisotopic (exact) mass is 317 g/mol. The van der Waals surface area contributed by atoms with Crippen molar-refractivity contribution in [3.8, 4) is 0 Å². The quantitative estimate of drug-likeness (QED) is 0.679. The van der Waals surface area contributed by atoms with Crippen molar-refractivity contribution >= 4 is 38.7 Å². The average Bonchev–Trinajstić information content (AvgIpc) is 2.69. The number of thiophene rings is 1. The molecule has 88 valence electrons. The first kappa shape index (κ1) is 12.2. The van der Waals surface area contributed by atoms with Crippen LogP contribution in [0.15, 0.2) is 28.1 Å². The molecular weight excluding hydrogens is 312 g/mol. The molecule has 2 aromatic rings. The van der Waals surface area contributed by atoms with Crippen LogP contribution in [-0.2, 0) is 0 Å². The summed E-state index contributed by atoms with van der Waals surface area (Å²) in [6.45, 7) is 0. The molecule has 17 heavy (non-hydrogen) atoms. The second-order valence-corrected chi connectivity index (χ2v) is 5.75. The molecule has 0 saturated heterocycles. The lowest BCUT2D eigenvalue weighted by molar-refractivity contribution is 0.103. The first-order valence-corrected chi connectivity index (χ1v) is 6.14. The van der Waals surface area contributed by atoms with Gasteiger partial charge in [-0.2, -0.15) is 0 Å². The molecule has 0 bridgehead atoms. The molecule has 0 radical (unpaired) electrons. The van der Waals surface area contributed by atoms with Crippen molar-refractivity contribution in [1.29, 1.82) is 0 Å². The van der Waals surface area contributed by atoms with E-state index in [1.165, 1.54) is 6.07 Å². The van der Waals surface area contributed by atoms with E-state index in [2.05, 4.69) is 15.9 Å². The zero-order valence-corrected chi connectivity index (χ0v) is 10.7. The fraction of sp³-hybridized carbons (Fsp3) is 0. The Morgan fingerprint density at radius 1 is 1.29 bits per heavy atom. The standard InChI is InChI=1S/C11H6BrF2NOS/c12-9-2-1-8(17-9)11(16)6-3-5(13)4-7(15)10(6)14/h1-4H,15H2. The number of carbonyl (C=O) groups excluding carboxylic acids is 1. The van der Waals surface area contributed by atoms with Crippen LogP contribution >= 0.6 is 27.3 Å². The summed E-state index contributed by atoms with van der Waals surface area (Å²) in [5, 5.41) is 0. The maximum atomic E-state index is 13.6. The summed E-state index contributed by atoms with van der Waals surface area (Å²) >= 11 is 4.34. The molecule has 0 aliphatic carbocycles. The lowest BCUT2D eigenvalue weighted by Crippen LogP contribution is -2.06. The van der Waals surface area contributed by atoms with Gasteiger partial charge in [0.15, 0.2) is 5.82 Å². The van der Waals surface area contributed by atoms with E-state index in [0.29, 0.717) is 4.88 Å². The number of hydrogen-bond acceptors (Lipinski definition) is 3. The van der Waals surface area contributed by atoms with Gasteiger partial charge in [-0.3, -0.25) is 4.79 Å². The molecule has 0 aliphatic heterocycles. The minimum Gasteiger partial charge on any atom is -0.396 e. The smallest absolute Gasteiger partial charge is 0.206 e. The van der Waals surface area contributed by atoms with Crippen molar-refractivity contribution in [2.45, 2.75) is 0 Å². The maximum absolute atomic E-state index is 13.6. The van der Waals surface area contributed by atoms with Crippen molar-refractivity contribution in [2.75, 3.05) is 5.73 Å². The Morgan fingerprint density at radius 3 is 2.59 bits per heavy atom. The van der Waals surface area contributed by atoms with Crippen molar-refractivity contribution in [1.82, 2.24) is 0 Å². The Bertz CT molecular complexity index is 597. The van der Waals surface area contributed by atoms with Crippen LogP contribution in [0, 0.1) is 11.6 Å². The zero-order chi connectivity index (χ0) is 12.6. The minimum atomic E-state index is -0.888. The number of anilines is 1. The van der Waals surface area contributed by atoms with Crippen LogP contribution in [0.2, 0.25) is 0 Å². The summed E-state index contributed by atoms with van der Waals surface area (Å²) in [6.07, 6.45) is 0. The molecule has 6 heteroatoms. The summed E-state index contributed by atoms with van der Waals surface area (Å²) in [7, 11) is 0. The summed E-state index contributed by atoms with van der Waals surface area (Å²) in [6, 6.07) is 4.90. The van der Waals surface area contributed by atoms with Gasteiger partial charge in [-0.15, -0.1) is 11.3 Å². The minimum absolute atomic E-state index is 0.320. The van der Waals surface area contributed by atoms with Gasteiger partial charge in [0.2, 0.25) is 5.78 Å². The predicted molar refractivity (Wildman–Crippen MR) is 66.2 cm³/mol. The molecule has 2 rings (SSSR count). The fourth-order valence-corrected chi connectivity index (χ4v) is 2.68.